The van der Waals surface area contributed by atoms with Gasteiger partial charge in [0.25, 0.3) is 0 Å². The topological polar surface area (TPSA) is 78.9 Å². The molecule has 0 bridgehead atoms. The summed E-state index contributed by atoms with van der Waals surface area (Å²) in [5.41, 5.74) is 1.72. The van der Waals surface area contributed by atoms with Crippen LogP contribution in [0.3, 0.4) is 0 Å². The molecule has 0 spiro atoms. The number of methoxy groups -OCH3 is 1. The van der Waals surface area contributed by atoms with E-state index in [1.165, 1.54) is 13.2 Å². The van der Waals surface area contributed by atoms with E-state index in [1.54, 1.807) is 48.6 Å². The van der Waals surface area contributed by atoms with Crippen LogP contribution in [0.4, 0.5) is 0 Å². The van der Waals surface area contributed by atoms with Crippen LogP contribution in [-0.2, 0) is 19.1 Å². The summed E-state index contributed by atoms with van der Waals surface area (Å²) < 4.78 is 15.0. The summed E-state index contributed by atoms with van der Waals surface area (Å²) in [4.78, 5) is 34.9. The van der Waals surface area contributed by atoms with Gasteiger partial charge in [0.15, 0.2) is 0 Å². The Bertz CT molecular complexity index is 894. The van der Waals surface area contributed by atoms with Gasteiger partial charge in [-0.05, 0) is 54.3 Å². The second-order valence-electron chi connectivity index (χ2n) is 6.35. The van der Waals surface area contributed by atoms with E-state index in [9.17, 15) is 14.4 Å². The quantitative estimate of drug-likeness (QED) is 0.248. The highest BCUT2D eigenvalue weighted by Crippen LogP contribution is 2.16. The van der Waals surface area contributed by atoms with E-state index in [0.29, 0.717) is 24.3 Å². The molecule has 156 valence electrons. The van der Waals surface area contributed by atoms with Crippen LogP contribution in [0.15, 0.2) is 61.2 Å². The number of ether oxygens (including phenoxy) is 3. The Labute approximate surface area is 175 Å². The Morgan fingerprint density at radius 3 is 1.70 bits per heavy atom. The largest absolute Gasteiger partial charge is 0.466 e. The number of unbranched alkanes of at least 4 members (excludes halogenated alkanes) is 1. The molecule has 0 N–H and O–H groups in total. The molecule has 2 aromatic rings. The predicted molar refractivity (Wildman–Crippen MR) is 114 cm³/mol. The Morgan fingerprint density at radius 1 is 0.800 bits per heavy atom. The summed E-state index contributed by atoms with van der Waals surface area (Å²) in [7, 11) is 1.31. The van der Waals surface area contributed by atoms with E-state index in [4.69, 9.17) is 9.47 Å². The summed E-state index contributed by atoms with van der Waals surface area (Å²) >= 11 is 0. The maximum absolute atomic E-state index is 11.9. The molecule has 6 heteroatoms. The first-order valence-corrected chi connectivity index (χ1v) is 9.50. The van der Waals surface area contributed by atoms with Crippen molar-refractivity contribution in [2.75, 3.05) is 7.11 Å². The number of hydrogen-bond acceptors (Lipinski definition) is 6. The van der Waals surface area contributed by atoms with Gasteiger partial charge >= 0.3 is 17.9 Å². The molecule has 0 aromatic heterocycles. The van der Waals surface area contributed by atoms with Crippen molar-refractivity contribution >= 4 is 30.1 Å². The van der Waals surface area contributed by atoms with Gasteiger partial charge in [-0.25, -0.2) is 4.79 Å². The molecule has 6 nitrogen and oxygen atoms in total. The number of carbonyl (C=O) groups is 3. The van der Waals surface area contributed by atoms with Gasteiger partial charge < -0.3 is 14.2 Å². The lowest BCUT2D eigenvalue weighted by Crippen LogP contribution is -2.10. The number of esters is 3. The smallest absolute Gasteiger partial charge is 0.330 e. The molecule has 0 aliphatic rings. The van der Waals surface area contributed by atoms with Crippen molar-refractivity contribution in [1.29, 1.82) is 0 Å². The standard InChI is InChI=1S/C24H24O6/c1-3-18-8-13-20(14-9-18)29-23(26)6-4-5-7-24(27)30-21-15-10-19(11-16-21)12-17-22(25)28-2/h3,8-17H,1,4-7H2,2H3/b17-12+. The predicted octanol–water partition coefficient (Wildman–Crippen LogP) is 4.59. The number of benzene rings is 2. The molecule has 0 aliphatic carbocycles. The van der Waals surface area contributed by atoms with Crippen LogP contribution in [0.5, 0.6) is 11.5 Å². The molecular formula is C24H24O6. The van der Waals surface area contributed by atoms with E-state index in [1.807, 2.05) is 12.1 Å². The molecule has 0 amide bonds. The second-order valence-corrected chi connectivity index (χ2v) is 6.35. The molecule has 0 unspecified atom stereocenters. The first-order valence-electron chi connectivity index (χ1n) is 9.50. The van der Waals surface area contributed by atoms with Crippen molar-refractivity contribution in [3.63, 3.8) is 0 Å². The van der Waals surface area contributed by atoms with Crippen LogP contribution < -0.4 is 9.47 Å². The second kappa shape index (κ2) is 12.0. The molecule has 0 aliphatic heterocycles. The van der Waals surface area contributed by atoms with Crippen molar-refractivity contribution in [2.45, 2.75) is 25.7 Å². The molecule has 2 aromatic carbocycles. The summed E-state index contributed by atoms with van der Waals surface area (Å²) in [5.74, 6) is -0.265. The average molecular weight is 408 g/mol. The lowest BCUT2D eigenvalue weighted by atomic mass is 10.2. The molecule has 0 saturated carbocycles. The van der Waals surface area contributed by atoms with Crippen LogP contribution >= 0.6 is 0 Å². The Morgan fingerprint density at radius 2 is 1.27 bits per heavy atom. The molecule has 0 fully saturated rings. The third kappa shape index (κ3) is 8.14. The zero-order chi connectivity index (χ0) is 21.8. The minimum atomic E-state index is -0.444. The van der Waals surface area contributed by atoms with E-state index >= 15 is 0 Å². The highest BCUT2D eigenvalue weighted by molar-refractivity contribution is 5.86. The van der Waals surface area contributed by atoms with Crippen LogP contribution in [-0.4, -0.2) is 25.0 Å². The fourth-order valence-corrected chi connectivity index (χ4v) is 2.45. The maximum Gasteiger partial charge on any atom is 0.330 e. The van der Waals surface area contributed by atoms with E-state index in [2.05, 4.69) is 11.3 Å². The number of hydrogen-bond donors (Lipinski definition) is 0. The van der Waals surface area contributed by atoms with Gasteiger partial charge in [0.1, 0.15) is 11.5 Å². The summed E-state index contributed by atoms with van der Waals surface area (Å²) in [5, 5.41) is 0. The van der Waals surface area contributed by atoms with E-state index in [-0.39, 0.29) is 24.8 Å². The molecular weight excluding hydrogens is 384 g/mol. The highest BCUT2D eigenvalue weighted by atomic mass is 16.5. The first kappa shape index (κ1) is 22.6. The van der Waals surface area contributed by atoms with Gasteiger partial charge in [-0.2, -0.15) is 0 Å². The van der Waals surface area contributed by atoms with Gasteiger partial charge in [-0.3, -0.25) is 9.59 Å². The Hall–Kier alpha value is -3.67. The monoisotopic (exact) mass is 408 g/mol. The number of rotatable bonds is 10. The third-order valence-corrected chi connectivity index (χ3v) is 4.08. The van der Waals surface area contributed by atoms with E-state index < -0.39 is 5.97 Å². The zero-order valence-electron chi connectivity index (χ0n) is 16.8. The molecule has 0 atom stereocenters. The van der Waals surface area contributed by atoms with E-state index in [0.717, 1.165) is 11.1 Å². The van der Waals surface area contributed by atoms with Crippen molar-refractivity contribution in [1.82, 2.24) is 0 Å². The first-order chi connectivity index (χ1) is 14.5. The van der Waals surface area contributed by atoms with Crippen LogP contribution in [0.1, 0.15) is 36.8 Å². The summed E-state index contributed by atoms with van der Waals surface area (Å²) in [6.07, 6.45) is 6.08. The fourth-order valence-electron chi connectivity index (χ4n) is 2.45. The Kier molecular flexibility index (Phi) is 9.06. The minimum Gasteiger partial charge on any atom is -0.466 e. The third-order valence-electron chi connectivity index (χ3n) is 4.08. The van der Waals surface area contributed by atoms with Crippen molar-refractivity contribution in [3.8, 4) is 11.5 Å². The van der Waals surface area contributed by atoms with Gasteiger partial charge in [0, 0.05) is 18.9 Å². The molecule has 0 radical (unpaired) electrons. The average Bonchev–Trinajstić information content (AvgIpc) is 2.76. The van der Waals surface area contributed by atoms with Gasteiger partial charge in [-0.1, -0.05) is 36.9 Å². The van der Waals surface area contributed by atoms with Gasteiger partial charge in [0.05, 0.1) is 7.11 Å². The fraction of sp³-hybridized carbons (Fsp3) is 0.208. The van der Waals surface area contributed by atoms with Crippen molar-refractivity contribution < 1.29 is 28.6 Å². The van der Waals surface area contributed by atoms with Crippen LogP contribution in [0.25, 0.3) is 12.2 Å². The van der Waals surface area contributed by atoms with Crippen LogP contribution in [0, 0.1) is 0 Å². The zero-order valence-corrected chi connectivity index (χ0v) is 16.8. The lowest BCUT2D eigenvalue weighted by molar-refractivity contribution is -0.136. The van der Waals surface area contributed by atoms with Crippen molar-refractivity contribution in [2.24, 2.45) is 0 Å². The van der Waals surface area contributed by atoms with Crippen molar-refractivity contribution in [3.05, 3.63) is 72.3 Å². The van der Waals surface area contributed by atoms with Gasteiger partial charge in [-0.15, -0.1) is 0 Å². The number of carbonyl (C=O) groups excluding carboxylic acids is 3. The summed E-state index contributed by atoms with van der Waals surface area (Å²) in [6, 6.07) is 13.8. The maximum atomic E-state index is 11.9. The van der Waals surface area contributed by atoms with Crippen LogP contribution in [0.2, 0.25) is 0 Å². The van der Waals surface area contributed by atoms with Gasteiger partial charge in [0.2, 0.25) is 0 Å². The minimum absolute atomic E-state index is 0.200. The molecule has 0 heterocycles. The Balaban J connectivity index is 1.66. The summed E-state index contributed by atoms with van der Waals surface area (Å²) in [6.45, 7) is 3.67. The molecule has 30 heavy (non-hydrogen) atoms. The SMILES string of the molecule is C=Cc1ccc(OC(=O)CCCCC(=O)Oc2ccc(/C=C/C(=O)OC)cc2)cc1. The highest BCUT2D eigenvalue weighted by Gasteiger charge is 2.08. The normalized spacial score (nSPS) is 10.4. The molecule has 0 saturated heterocycles. The lowest BCUT2D eigenvalue weighted by Gasteiger charge is -2.06. The molecule has 2 rings (SSSR count).